The van der Waals surface area contributed by atoms with E-state index in [1.54, 1.807) is 29.2 Å². The number of nitrogens with zero attached hydrogens (tertiary/aromatic N) is 6. The van der Waals surface area contributed by atoms with Crippen molar-refractivity contribution in [1.29, 1.82) is 5.26 Å². The van der Waals surface area contributed by atoms with Crippen molar-refractivity contribution >= 4 is 17.4 Å². The largest absolute Gasteiger partial charge is 0.365 e. The van der Waals surface area contributed by atoms with Crippen LogP contribution < -0.4 is 11.1 Å². The van der Waals surface area contributed by atoms with E-state index in [0.29, 0.717) is 25.2 Å². The van der Waals surface area contributed by atoms with Gasteiger partial charge in [-0.1, -0.05) is 0 Å². The van der Waals surface area contributed by atoms with Gasteiger partial charge in [0.05, 0.1) is 23.7 Å². The van der Waals surface area contributed by atoms with Gasteiger partial charge in [0.15, 0.2) is 5.82 Å². The maximum Gasteiger partial charge on any atom is 0.254 e. The molecule has 3 aromatic rings. The molecule has 9 nitrogen and oxygen atoms in total. The summed E-state index contributed by atoms with van der Waals surface area (Å²) in [6, 6.07) is 11.6. The van der Waals surface area contributed by atoms with E-state index >= 15 is 0 Å². The van der Waals surface area contributed by atoms with Gasteiger partial charge < -0.3 is 11.1 Å². The third-order valence-electron chi connectivity index (χ3n) is 5.28. The highest BCUT2D eigenvalue weighted by molar-refractivity contribution is 5.98. The van der Waals surface area contributed by atoms with Gasteiger partial charge in [-0.2, -0.15) is 20.6 Å². The number of rotatable bonds is 6. The summed E-state index contributed by atoms with van der Waals surface area (Å²) in [5.41, 5.74) is 7.16. The predicted octanol–water partition coefficient (Wildman–Crippen LogP) is 2.24. The second-order valence-electron chi connectivity index (χ2n) is 7.41. The first-order valence-corrected chi connectivity index (χ1v) is 9.83. The number of hydrogen-bond donors (Lipinski definition) is 2. The Labute approximate surface area is 178 Å². The standard InChI is InChI=1S/C21H21FN8O/c22-15-3-5-16(6-4-15)26-21-18(20(24)31)13-30(28-21)19-7-9-29(11-14(19)10-23)12-17-2-1-8-25-27-17/h1-6,8,13-14,19H,7,9,11-12H2,(H2,24,31)(H,26,28)/t14-,19-/m1/s1. The van der Waals surface area contributed by atoms with Crippen LogP contribution in [0.2, 0.25) is 0 Å². The zero-order valence-electron chi connectivity index (χ0n) is 16.6. The SMILES string of the molecule is N#C[C@@H]1CN(Cc2cccnn2)CC[C@H]1n1cc(C(N)=O)c(Nc2ccc(F)cc2)n1. The molecule has 1 aromatic carbocycles. The summed E-state index contributed by atoms with van der Waals surface area (Å²) in [4.78, 5) is 14.1. The highest BCUT2D eigenvalue weighted by Gasteiger charge is 2.32. The van der Waals surface area contributed by atoms with Crippen molar-refractivity contribution in [2.75, 3.05) is 18.4 Å². The van der Waals surface area contributed by atoms with Crippen molar-refractivity contribution in [2.24, 2.45) is 11.7 Å². The summed E-state index contributed by atoms with van der Waals surface area (Å²) in [7, 11) is 0. The van der Waals surface area contributed by atoms with Gasteiger partial charge >= 0.3 is 0 Å². The molecule has 0 spiro atoms. The molecule has 3 heterocycles. The fourth-order valence-corrected chi connectivity index (χ4v) is 3.75. The van der Waals surface area contributed by atoms with Crippen LogP contribution in [0.1, 0.15) is 28.5 Å². The molecule has 2 atom stereocenters. The molecule has 0 unspecified atom stereocenters. The molecule has 0 saturated carbocycles. The highest BCUT2D eigenvalue weighted by atomic mass is 19.1. The minimum absolute atomic E-state index is 0.204. The number of primary amides is 1. The van der Waals surface area contributed by atoms with E-state index in [9.17, 15) is 14.4 Å². The molecule has 1 saturated heterocycles. The number of nitrogens with one attached hydrogen (secondary N) is 1. The lowest BCUT2D eigenvalue weighted by Crippen LogP contribution is -2.40. The molecule has 1 fully saturated rings. The van der Waals surface area contributed by atoms with Crippen LogP contribution in [-0.2, 0) is 6.54 Å². The summed E-state index contributed by atoms with van der Waals surface area (Å²) in [6.45, 7) is 1.90. The minimum Gasteiger partial charge on any atom is -0.365 e. The van der Waals surface area contributed by atoms with Crippen LogP contribution in [0.15, 0.2) is 48.8 Å². The van der Waals surface area contributed by atoms with E-state index < -0.39 is 5.91 Å². The van der Waals surface area contributed by atoms with E-state index in [2.05, 4.69) is 31.6 Å². The Bertz CT molecular complexity index is 1090. The van der Waals surface area contributed by atoms with Gasteiger partial charge in [0, 0.05) is 37.7 Å². The fourth-order valence-electron chi connectivity index (χ4n) is 3.75. The van der Waals surface area contributed by atoms with Crippen LogP contribution in [0.5, 0.6) is 0 Å². The van der Waals surface area contributed by atoms with Crippen LogP contribution in [0.4, 0.5) is 15.9 Å². The number of piperidine rings is 1. The normalized spacial score (nSPS) is 19.0. The smallest absolute Gasteiger partial charge is 0.254 e. The topological polar surface area (TPSA) is 126 Å². The highest BCUT2D eigenvalue weighted by Crippen LogP contribution is 2.30. The monoisotopic (exact) mass is 420 g/mol. The third-order valence-corrected chi connectivity index (χ3v) is 5.28. The average Bonchev–Trinajstić information content (AvgIpc) is 3.20. The van der Waals surface area contributed by atoms with E-state index in [4.69, 9.17) is 5.73 Å². The average molecular weight is 420 g/mol. The quantitative estimate of drug-likeness (QED) is 0.626. The van der Waals surface area contributed by atoms with E-state index in [1.807, 2.05) is 12.1 Å². The molecule has 10 heteroatoms. The molecule has 158 valence electrons. The van der Waals surface area contributed by atoms with Crippen molar-refractivity contribution in [3.63, 3.8) is 0 Å². The number of nitriles is 1. The summed E-state index contributed by atoms with van der Waals surface area (Å²) < 4.78 is 14.8. The van der Waals surface area contributed by atoms with Crippen molar-refractivity contribution in [3.05, 3.63) is 65.9 Å². The first-order chi connectivity index (χ1) is 15.0. The Morgan fingerprint density at radius 2 is 2.13 bits per heavy atom. The Hall–Kier alpha value is -3.84. The number of benzene rings is 1. The number of halogens is 1. The van der Waals surface area contributed by atoms with Gasteiger partial charge in [0.25, 0.3) is 5.91 Å². The molecule has 1 aliphatic heterocycles. The summed E-state index contributed by atoms with van der Waals surface area (Å²) >= 11 is 0. The second-order valence-corrected chi connectivity index (χ2v) is 7.41. The summed E-state index contributed by atoms with van der Waals surface area (Å²) in [5, 5.41) is 25.3. The van der Waals surface area contributed by atoms with Crippen LogP contribution in [0.3, 0.4) is 0 Å². The maximum absolute atomic E-state index is 13.2. The van der Waals surface area contributed by atoms with Gasteiger partial charge in [-0.3, -0.25) is 14.4 Å². The summed E-state index contributed by atoms with van der Waals surface area (Å²) in [6.07, 6.45) is 3.87. The maximum atomic E-state index is 13.2. The summed E-state index contributed by atoms with van der Waals surface area (Å²) in [5.74, 6) is -1.05. The van der Waals surface area contributed by atoms with E-state index in [1.165, 1.54) is 12.1 Å². The number of aromatic nitrogens is 4. The lowest BCUT2D eigenvalue weighted by Gasteiger charge is -2.35. The van der Waals surface area contributed by atoms with Crippen molar-refractivity contribution in [1.82, 2.24) is 24.9 Å². The van der Waals surface area contributed by atoms with Gasteiger partial charge in [-0.25, -0.2) is 4.39 Å². The molecule has 0 aliphatic carbocycles. The van der Waals surface area contributed by atoms with Crippen molar-refractivity contribution < 1.29 is 9.18 Å². The van der Waals surface area contributed by atoms with Gasteiger partial charge in [0.1, 0.15) is 11.4 Å². The first-order valence-electron chi connectivity index (χ1n) is 9.83. The van der Waals surface area contributed by atoms with Crippen LogP contribution in [-0.4, -0.2) is 43.9 Å². The molecule has 1 aliphatic rings. The number of nitrogens with two attached hydrogens (primary N) is 1. The Morgan fingerprint density at radius 1 is 1.32 bits per heavy atom. The number of likely N-dealkylation sites (tertiary alicyclic amines) is 1. The molecule has 1 amide bonds. The molecule has 3 N–H and O–H groups in total. The number of carbonyl (C=O) groups is 1. The van der Waals surface area contributed by atoms with Crippen LogP contribution >= 0.6 is 0 Å². The number of amides is 1. The van der Waals surface area contributed by atoms with Gasteiger partial charge in [0.2, 0.25) is 0 Å². The first kappa shape index (κ1) is 20.4. The Kier molecular flexibility index (Phi) is 5.86. The molecule has 0 bridgehead atoms. The zero-order chi connectivity index (χ0) is 21.8. The number of hydrogen-bond acceptors (Lipinski definition) is 7. The Morgan fingerprint density at radius 3 is 2.81 bits per heavy atom. The number of carbonyl (C=O) groups excluding carboxylic acids is 1. The minimum atomic E-state index is -0.635. The van der Waals surface area contributed by atoms with Crippen LogP contribution in [0.25, 0.3) is 0 Å². The second kappa shape index (κ2) is 8.89. The zero-order valence-corrected chi connectivity index (χ0v) is 16.6. The molecule has 31 heavy (non-hydrogen) atoms. The fraction of sp³-hybridized carbons (Fsp3) is 0.286. The number of anilines is 2. The molecule has 0 radical (unpaired) electrons. The lowest BCUT2D eigenvalue weighted by atomic mass is 9.93. The molecule has 4 rings (SSSR count). The predicted molar refractivity (Wildman–Crippen MR) is 110 cm³/mol. The van der Waals surface area contributed by atoms with Crippen molar-refractivity contribution in [3.8, 4) is 6.07 Å². The third kappa shape index (κ3) is 4.67. The van der Waals surface area contributed by atoms with E-state index in [0.717, 1.165) is 12.2 Å². The Balaban J connectivity index is 1.52. The lowest BCUT2D eigenvalue weighted by molar-refractivity contribution is 0.100. The molecular weight excluding hydrogens is 399 g/mol. The van der Waals surface area contributed by atoms with Gasteiger partial charge in [-0.05, 0) is 42.8 Å². The molecular formula is C21H21FN8O. The van der Waals surface area contributed by atoms with Crippen LogP contribution in [0, 0.1) is 23.1 Å². The van der Waals surface area contributed by atoms with E-state index in [-0.39, 0.29) is 29.2 Å². The van der Waals surface area contributed by atoms with Crippen molar-refractivity contribution in [2.45, 2.75) is 19.0 Å². The molecule has 2 aromatic heterocycles. The van der Waals surface area contributed by atoms with Gasteiger partial charge in [-0.15, -0.1) is 0 Å².